The van der Waals surface area contributed by atoms with Crippen molar-refractivity contribution in [3.8, 4) is 0 Å². The lowest BCUT2D eigenvalue weighted by Crippen LogP contribution is -2.25. The Bertz CT molecular complexity index is 740. The van der Waals surface area contributed by atoms with E-state index in [4.69, 9.17) is 0 Å². The maximum absolute atomic E-state index is 12.4. The number of amides is 1. The van der Waals surface area contributed by atoms with Crippen molar-refractivity contribution in [3.63, 3.8) is 0 Å². The molecule has 0 saturated carbocycles. The number of hydrogen-bond donors (Lipinski definition) is 0. The van der Waals surface area contributed by atoms with Crippen molar-refractivity contribution in [2.75, 3.05) is 12.3 Å². The summed E-state index contributed by atoms with van der Waals surface area (Å²) in [5, 5.41) is 6.11. The Balaban J connectivity index is 1.63. The average Bonchev–Trinajstić information content (AvgIpc) is 3.06. The summed E-state index contributed by atoms with van der Waals surface area (Å²) in [6, 6.07) is 16.4. The maximum atomic E-state index is 12.4. The van der Waals surface area contributed by atoms with E-state index in [0.29, 0.717) is 12.3 Å². The highest BCUT2D eigenvalue weighted by Gasteiger charge is 2.21. The third-order valence-corrected chi connectivity index (χ3v) is 5.03. The number of aryl methyl sites for hydroxylation is 2. The van der Waals surface area contributed by atoms with Gasteiger partial charge in [0.05, 0.1) is 18.0 Å². The molecule has 0 atom stereocenters. The Morgan fingerprint density at radius 3 is 2.74 bits per heavy atom. The summed E-state index contributed by atoms with van der Waals surface area (Å²) in [5.41, 5.74) is 4.53. The van der Waals surface area contributed by atoms with Crippen LogP contribution in [-0.4, -0.2) is 28.9 Å². The molecule has 0 spiro atoms. The molecule has 118 valence electrons. The zero-order valence-electron chi connectivity index (χ0n) is 13.5. The number of carbonyl (C=O) groups is 1. The van der Waals surface area contributed by atoms with Gasteiger partial charge in [-0.1, -0.05) is 48.0 Å². The molecule has 0 bridgehead atoms. The van der Waals surface area contributed by atoms with E-state index in [0.717, 1.165) is 17.7 Å². The van der Waals surface area contributed by atoms with Crippen LogP contribution in [0.1, 0.15) is 23.1 Å². The molecule has 0 fully saturated rings. The van der Waals surface area contributed by atoms with Gasteiger partial charge in [-0.3, -0.25) is 4.79 Å². The lowest BCUT2D eigenvalue weighted by Gasteiger charge is -2.12. The van der Waals surface area contributed by atoms with Gasteiger partial charge in [0.25, 0.3) is 5.91 Å². The largest absolute Gasteiger partial charge is 0.272 e. The normalized spacial score (nSPS) is 14.0. The lowest BCUT2D eigenvalue weighted by molar-refractivity contribution is -0.127. The van der Waals surface area contributed by atoms with Crippen molar-refractivity contribution in [3.05, 3.63) is 65.2 Å². The first-order valence-corrected chi connectivity index (χ1v) is 8.75. The number of hydrazone groups is 1. The fraction of sp³-hybridized carbons (Fsp3) is 0.263. The number of hydrogen-bond acceptors (Lipinski definition) is 3. The van der Waals surface area contributed by atoms with Gasteiger partial charge in [0.2, 0.25) is 0 Å². The standard InChI is InChI=1S/C19H20N2OS/c1-14-8-9-15(2)18(12-14)23-13-19(22)21-11-10-17(20-21)16-6-4-3-5-7-16/h3-9,12H,10-11,13H2,1-2H3. The van der Waals surface area contributed by atoms with Crippen LogP contribution in [0.2, 0.25) is 0 Å². The van der Waals surface area contributed by atoms with Crippen LogP contribution in [0.25, 0.3) is 0 Å². The van der Waals surface area contributed by atoms with Crippen molar-refractivity contribution in [2.45, 2.75) is 25.2 Å². The molecule has 0 aromatic heterocycles. The van der Waals surface area contributed by atoms with Crippen LogP contribution in [0.3, 0.4) is 0 Å². The Hall–Kier alpha value is -2.07. The third kappa shape index (κ3) is 3.82. The minimum Gasteiger partial charge on any atom is -0.272 e. The molecule has 3 rings (SSSR count). The molecule has 1 aliphatic heterocycles. The molecule has 0 N–H and O–H groups in total. The zero-order chi connectivity index (χ0) is 16.2. The zero-order valence-corrected chi connectivity index (χ0v) is 14.3. The van der Waals surface area contributed by atoms with E-state index in [2.05, 4.69) is 37.1 Å². The average molecular weight is 324 g/mol. The number of benzene rings is 2. The van der Waals surface area contributed by atoms with E-state index in [-0.39, 0.29) is 5.91 Å². The van der Waals surface area contributed by atoms with Crippen molar-refractivity contribution < 1.29 is 4.79 Å². The molecule has 3 nitrogen and oxygen atoms in total. The molecule has 0 unspecified atom stereocenters. The smallest absolute Gasteiger partial charge is 0.253 e. The Kier molecular flexibility index (Phi) is 4.82. The molecule has 0 aliphatic carbocycles. The second-order valence-electron chi connectivity index (χ2n) is 5.74. The highest BCUT2D eigenvalue weighted by molar-refractivity contribution is 8.00. The molecule has 0 saturated heterocycles. The summed E-state index contributed by atoms with van der Waals surface area (Å²) < 4.78 is 0. The Labute approximate surface area is 141 Å². The molecule has 1 amide bonds. The highest BCUT2D eigenvalue weighted by atomic mass is 32.2. The van der Waals surface area contributed by atoms with Gasteiger partial charge in [-0.15, -0.1) is 11.8 Å². The molecule has 1 heterocycles. The maximum Gasteiger partial charge on any atom is 0.253 e. The summed E-state index contributed by atoms with van der Waals surface area (Å²) in [5.74, 6) is 0.498. The van der Waals surface area contributed by atoms with Crippen LogP contribution in [0.15, 0.2) is 58.5 Å². The summed E-state index contributed by atoms with van der Waals surface area (Å²) in [7, 11) is 0. The number of nitrogens with zero attached hydrogens (tertiary/aromatic N) is 2. The summed E-state index contributed by atoms with van der Waals surface area (Å²) in [4.78, 5) is 13.6. The topological polar surface area (TPSA) is 32.7 Å². The van der Waals surface area contributed by atoms with E-state index in [1.807, 2.05) is 30.3 Å². The quantitative estimate of drug-likeness (QED) is 0.795. The van der Waals surface area contributed by atoms with Gasteiger partial charge in [0.15, 0.2) is 0 Å². The third-order valence-electron chi connectivity index (χ3n) is 3.89. The SMILES string of the molecule is Cc1ccc(C)c(SCC(=O)N2CCC(c3ccccc3)=N2)c1. The second kappa shape index (κ2) is 7.01. The summed E-state index contributed by atoms with van der Waals surface area (Å²) in [6.45, 7) is 4.83. The summed E-state index contributed by atoms with van der Waals surface area (Å²) in [6.07, 6.45) is 0.823. The van der Waals surface area contributed by atoms with Crippen molar-refractivity contribution >= 4 is 23.4 Å². The van der Waals surface area contributed by atoms with Gasteiger partial charge < -0.3 is 0 Å². The molecule has 2 aromatic rings. The van der Waals surface area contributed by atoms with Crippen LogP contribution in [0.5, 0.6) is 0 Å². The molecular weight excluding hydrogens is 304 g/mol. The first-order chi connectivity index (χ1) is 11.1. The predicted molar refractivity (Wildman–Crippen MR) is 95.9 cm³/mol. The van der Waals surface area contributed by atoms with Crippen LogP contribution in [0, 0.1) is 13.8 Å². The number of rotatable bonds is 4. The van der Waals surface area contributed by atoms with Gasteiger partial charge in [-0.05, 0) is 31.0 Å². The number of carbonyl (C=O) groups excluding carboxylic acids is 1. The van der Waals surface area contributed by atoms with Gasteiger partial charge in [0, 0.05) is 11.3 Å². The number of thioether (sulfide) groups is 1. The van der Waals surface area contributed by atoms with E-state index in [9.17, 15) is 4.79 Å². The van der Waals surface area contributed by atoms with Gasteiger partial charge in [-0.25, -0.2) is 5.01 Å². The molecular formula is C19H20N2OS. The monoisotopic (exact) mass is 324 g/mol. The second-order valence-corrected chi connectivity index (χ2v) is 6.75. The Morgan fingerprint density at radius 2 is 1.96 bits per heavy atom. The molecule has 2 aromatic carbocycles. The molecule has 1 aliphatic rings. The fourth-order valence-electron chi connectivity index (χ4n) is 2.55. The Morgan fingerprint density at radius 1 is 1.17 bits per heavy atom. The van der Waals surface area contributed by atoms with Crippen molar-refractivity contribution in [1.29, 1.82) is 0 Å². The van der Waals surface area contributed by atoms with E-state index in [1.54, 1.807) is 16.8 Å². The highest BCUT2D eigenvalue weighted by Crippen LogP contribution is 2.24. The lowest BCUT2D eigenvalue weighted by atomic mass is 10.1. The molecule has 23 heavy (non-hydrogen) atoms. The van der Waals surface area contributed by atoms with Crippen LogP contribution < -0.4 is 0 Å². The minimum atomic E-state index is 0.0711. The fourth-order valence-corrected chi connectivity index (χ4v) is 3.54. The molecule has 0 radical (unpaired) electrons. The first kappa shape index (κ1) is 15.8. The van der Waals surface area contributed by atoms with Crippen LogP contribution >= 0.6 is 11.8 Å². The van der Waals surface area contributed by atoms with Crippen molar-refractivity contribution in [1.82, 2.24) is 5.01 Å². The minimum absolute atomic E-state index is 0.0711. The van der Waals surface area contributed by atoms with Crippen LogP contribution in [-0.2, 0) is 4.79 Å². The van der Waals surface area contributed by atoms with E-state index < -0.39 is 0 Å². The van der Waals surface area contributed by atoms with Gasteiger partial charge in [0.1, 0.15) is 0 Å². The van der Waals surface area contributed by atoms with Gasteiger partial charge >= 0.3 is 0 Å². The van der Waals surface area contributed by atoms with Crippen molar-refractivity contribution in [2.24, 2.45) is 5.10 Å². The van der Waals surface area contributed by atoms with E-state index in [1.165, 1.54) is 16.0 Å². The predicted octanol–water partition coefficient (Wildman–Crippen LogP) is 4.03. The molecule has 4 heteroatoms. The first-order valence-electron chi connectivity index (χ1n) is 7.77. The van der Waals surface area contributed by atoms with Crippen LogP contribution in [0.4, 0.5) is 0 Å². The summed E-state index contributed by atoms with van der Waals surface area (Å²) >= 11 is 1.59. The van der Waals surface area contributed by atoms with E-state index >= 15 is 0 Å². The van der Waals surface area contributed by atoms with Gasteiger partial charge in [-0.2, -0.15) is 5.10 Å².